The minimum absolute atomic E-state index is 0. The van der Waals surface area contributed by atoms with E-state index in [1.165, 1.54) is 30.7 Å². The molecule has 0 aliphatic rings. The molecular weight excluding hydrogens is 691 g/mol. The molecule has 0 saturated carbocycles. The van der Waals surface area contributed by atoms with Crippen molar-refractivity contribution < 1.29 is 33.6 Å². The first-order valence-corrected chi connectivity index (χ1v) is 19.6. The summed E-state index contributed by atoms with van der Waals surface area (Å²) in [6.45, 7) is 11.6. The molecule has 2 aromatic heterocycles. The first-order valence-electron chi connectivity index (χ1n) is 17.4. The normalized spacial score (nSPS) is 10.7. The SMILES string of the molecule is C.CC.COCCN(CCOCCOCCN(CCOCCCSCCCCCSC#N)Cc1cccc(C(=O)O)n1)Cc1cccc(C=O)n1. The van der Waals surface area contributed by atoms with Crippen LogP contribution < -0.4 is 0 Å². The lowest BCUT2D eigenvalue weighted by Crippen LogP contribution is -2.32. The van der Waals surface area contributed by atoms with Gasteiger partial charge in [0, 0.05) is 58.7 Å². The number of thiocyanates is 1. The Morgan fingerprint density at radius 1 is 0.784 bits per heavy atom. The Morgan fingerprint density at radius 3 is 1.92 bits per heavy atom. The number of carbonyl (C=O) groups excluding carboxylic acids is 1. The van der Waals surface area contributed by atoms with Gasteiger partial charge < -0.3 is 24.1 Å². The first-order chi connectivity index (χ1) is 24.5. The number of hydrogen-bond donors (Lipinski definition) is 1. The zero-order chi connectivity index (χ0) is 36.5. The number of aromatic nitrogens is 2. The van der Waals surface area contributed by atoms with Crippen molar-refractivity contribution in [1.82, 2.24) is 19.8 Å². The Labute approximate surface area is 315 Å². The van der Waals surface area contributed by atoms with Crippen molar-refractivity contribution in [3.8, 4) is 5.40 Å². The number of unbranched alkanes of at least 4 members (excludes halogenated alkanes) is 2. The molecule has 0 spiro atoms. The summed E-state index contributed by atoms with van der Waals surface area (Å²) in [5.74, 6) is 2.08. The maximum atomic E-state index is 11.4. The molecule has 0 aliphatic heterocycles. The molecule has 288 valence electrons. The van der Waals surface area contributed by atoms with Crippen molar-refractivity contribution in [2.24, 2.45) is 0 Å². The quantitative estimate of drug-likeness (QED) is 0.0533. The highest BCUT2D eigenvalue weighted by Gasteiger charge is 2.11. The van der Waals surface area contributed by atoms with Crippen LogP contribution in [0.1, 0.15) is 79.3 Å². The van der Waals surface area contributed by atoms with Crippen LogP contribution in [0.2, 0.25) is 0 Å². The molecule has 51 heavy (non-hydrogen) atoms. The minimum atomic E-state index is -1.04. The Morgan fingerprint density at radius 2 is 1.33 bits per heavy atom. The molecule has 2 aromatic rings. The second-order valence-corrected chi connectivity index (χ2v) is 12.9. The molecule has 14 heteroatoms. The molecule has 0 unspecified atom stereocenters. The monoisotopic (exact) mass is 751 g/mol. The number of aromatic carboxylic acids is 1. The van der Waals surface area contributed by atoms with E-state index in [1.807, 2.05) is 43.8 Å². The van der Waals surface area contributed by atoms with Gasteiger partial charge in [-0.25, -0.2) is 14.8 Å². The van der Waals surface area contributed by atoms with Crippen LogP contribution in [0, 0.1) is 10.7 Å². The number of pyridine rings is 2. The maximum Gasteiger partial charge on any atom is 0.354 e. The largest absolute Gasteiger partial charge is 0.477 e. The second kappa shape index (κ2) is 34.5. The molecule has 0 atom stereocenters. The van der Waals surface area contributed by atoms with Crippen LogP contribution in [0.4, 0.5) is 0 Å². The van der Waals surface area contributed by atoms with Crippen LogP contribution in [0.5, 0.6) is 0 Å². The van der Waals surface area contributed by atoms with Crippen LogP contribution in [-0.4, -0.2) is 134 Å². The Kier molecular flexibility index (Phi) is 32.7. The summed E-state index contributed by atoms with van der Waals surface area (Å²) in [6, 6.07) is 10.5. The summed E-state index contributed by atoms with van der Waals surface area (Å²) in [6.07, 6.45) is 5.20. The Hall–Kier alpha value is -2.61. The summed E-state index contributed by atoms with van der Waals surface area (Å²) in [4.78, 5) is 35.4. The standard InChI is InChI=1S/C34H51N5O7S2.C2H6.CH4/c1-43-17-12-38(26-30-8-5-10-32(28-40)36-30)14-19-45-21-22-46-20-15-39(27-31-9-6-11-33(37-31)34(41)42)13-18-44-16-7-25-47-23-3-2-4-24-48-29-35;1-2;/h5-6,8-11,28H,2-4,7,12-27H2,1H3,(H,41,42);1-2H3;1H4. The fourth-order valence-electron chi connectivity index (χ4n) is 4.53. The van der Waals surface area contributed by atoms with Gasteiger partial charge in [-0.15, -0.1) is 0 Å². The van der Waals surface area contributed by atoms with E-state index in [-0.39, 0.29) is 13.1 Å². The molecule has 1 N–H and O–H groups in total. The van der Waals surface area contributed by atoms with E-state index in [0.29, 0.717) is 90.4 Å². The Balaban J connectivity index is 0.00000818. The van der Waals surface area contributed by atoms with Crippen molar-refractivity contribution in [2.75, 3.05) is 96.8 Å². The summed E-state index contributed by atoms with van der Waals surface area (Å²) >= 11 is 3.28. The summed E-state index contributed by atoms with van der Waals surface area (Å²) in [5, 5.41) is 20.0. The lowest BCUT2D eigenvalue weighted by molar-refractivity contribution is 0.0236. The van der Waals surface area contributed by atoms with Gasteiger partial charge in [-0.3, -0.25) is 14.6 Å². The van der Waals surface area contributed by atoms with E-state index in [9.17, 15) is 14.7 Å². The number of thioether (sulfide) groups is 2. The molecule has 2 heterocycles. The maximum absolute atomic E-state index is 11.4. The summed E-state index contributed by atoms with van der Waals surface area (Å²) < 4.78 is 22.8. The van der Waals surface area contributed by atoms with Crippen LogP contribution in [0.15, 0.2) is 36.4 Å². The molecule has 0 amide bonds. The van der Waals surface area contributed by atoms with Gasteiger partial charge in [-0.05, 0) is 66.8 Å². The van der Waals surface area contributed by atoms with Crippen LogP contribution in [-0.2, 0) is 32.0 Å². The highest BCUT2D eigenvalue weighted by atomic mass is 32.2. The molecule has 12 nitrogen and oxygen atoms in total. The molecule has 0 radical (unpaired) electrons. The smallest absolute Gasteiger partial charge is 0.354 e. The van der Waals surface area contributed by atoms with Crippen LogP contribution >= 0.6 is 23.5 Å². The van der Waals surface area contributed by atoms with Crippen molar-refractivity contribution in [2.45, 2.75) is 60.0 Å². The van der Waals surface area contributed by atoms with Crippen molar-refractivity contribution in [3.05, 3.63) is 59.2 Å². The number of nitrogens with zero attached hydrogens (tertiary/aromatic N) is 5. The third kappa shape index (κ3) is 25.9. The number of ether oxygens (including phenoxy) is 4. The van der Waals surface area contributed by atoms with Gasteiger partial charge in [0.2, 0.25) is 0 Å². The minimum Gasteiger partial charge on any atom is -0.477 e. The molecule has 0 fully saturated rings. The first kappa shape index (κ1) is 48.4. The third-order valence-electron chi connectivity index (χ3n) is 7.06. The van der Waals surface area contributed by atoms with E-state index in [0.717, 1.165) is 48.6 Å². The fraction of sp³-hybridized carbons (Fsp3) is 0.649. The van der Waals surface area contributed by atoms with Gasteiger partial charge in [0.15, 0.2) is 6.29 Å². The predicted molar refractivity (Wildman–Crippen MR) is 208 cm³/mol. The van der Waals surface area contributed by atoms with Crippen molar-refractivity contribution in [1.29, 1.82) is 5.26 Å². The number of carbonyl (C=O) groups is 2. The number of hydrogen-bond acceptors (Lipinski definition) is 13. The lowest BCUT2D eigenvalue weighted by atomic mass is 10.3. The molecule has 0 saturated heterocycles. The lowest BCUT2D eigenvalue weighted by Gasteiger charge is -2.22. The van der Waals surface area contributed by atoms with Crippen LogP contribution in [0.25, 0.3) is 0 Å². The van der Waals surface area contributed by atoms with Crippen molar-refractivity contribution in [3.63, 3.8) is 0 Å². The number of nitriles is 1. The zero-order valence-corrected chi connectivity index (χ0v) is 31.8. The van der Waals surface area contributed by atoms with E-state index >= 15 is 0 Å². The Bertz CT molecular complexity index is 1190. The molecule has 0 aliphatic carbocycles. The molecular formula is C37H61N5O7S2. The summed E-state index contributed by atoms with van der Waals surface area (Å²) in [5.41, 5.74) is 1.96. The van der Waals surface area contributed by atoms with Crippen LogP contribution in [0.3, 0.4) is 0 Å². The molecule has 0 aromatic carbocycles. The number of aldehydes is 1. The van der Waals surface area contributed by atoms with Gasteiger partial charge >= 0.3 is 5.97 Å². The number of rotatable bonds is 31. The number of methoxy groups -OCH3 is 1. The number of carboxylic acid groups (broad SMARTS) is 1. The highest BCUT2D eigenvalue weighted by molar-refractivity contribution is 8.03. The van der Waals surface area contributed by atoms with Gasteiger partial charge in [0.05, 0.1) is 51.0 Å². The van der Waals surface area contributed by atoms with Crippen molar-refractivity contribution >= 4 is 35.8 Å². The average Bonchev–Trinajstić information content (AvgIpc) is 3.14. The van der Waals surface area contributed by atoms with E-state index in [1.54, 1.807) is 19.2 Å². The average molecular weight is 752 g/mol. The summed E-state index contributed by atoms with van der Waals surface area (Å²) in [7, 11) is 1.67. The van der Waals surface area contributed by atoms with Gasteiger partial charge in [0.1, 0.15) is 16.8 Å². The number of carboxylic acids is 1. The van der Waals surface area contributed by atoms with Gasteiger partial charge in [-0.1, -0.05) is 39.8 Å². The van der Waals surface area contributed by atoms with E-state index in [2.05, 4.69) is 25.2 Å². The van der Waals surface area contributed by atoms with E-state index in [4.69, 9.17) is 24.2 Å². The van der Waals surface area contributed by atoms with E-state index < -0.39 is 5.97 Å². The highest BCUT2D eigenvalue weighted by Crippen LogP contribution is 2.10. The van der Waals surface area contributed by atoms with Gasteiger partial charge in [-0.2, -0.15) is 17.0 Å². The predicted octanol–water partition coefficient (Wildman–Crippen LogP) is 6.16. The topological polar surface area (TPSA) is 147 Å². The second-order valence-electron chi connectivity index (χ2n) is 10.8. The third-order valence-corrected chi connectivity index (χ3v) is 8.84. The molecule has 0 bridgehead atoms. The van der Waals surface area contributed by atoms with Gasteiger partial charge in [0.25, 0.3) is 0 Å². The fourth-order valence-corrected chi connectivity index (χ4v) is 5.90. The molecule has 2 rings (SSSR count). The zero-order valence-electron chi connectivity index (χ0n) is 30.1.